The zero-order chi connectivity index (χ0) is 50.6. The Morgan fingerprint density at radius 1 is 0.986 bits per heavy atom. The molecule has 0 bridgehead atoms. The van der Waals surface area contributed by atoms with Gasteiger partial charge in [-0.25, -0.2) is 9.37 Å². The van der Waals surface area contributed by atoms with Crippen LogP contribution in [0.15, 0.2) is 75.4 Å². The Morgan fingerprint density at radius 2 is 1.75 bits per heavy atom. The van der Waals surface area contributed by atoms with Crippen molar-refractivity contribution in [2.75, 3.05) is 39.4 Å². The summed E-state index contributed by atoms with van der Waals surface area (Å²) in [7, 11) is 0. The molecule has 6 heterocycles. The van der Waals surface area contributed by atoms with Gasteiger partial charge in [-0.1, -0.05) is 64.1 Å². The van der Waals surface area contributed by atoms with E-state index in [1.165, 1.54) is 10.5 Å². The van der Waals surface area contributed by atoms with Crippen LogP contribution in [0.1, 0.15) is 120 Å². The third-order valence-electron chi connectivity index (χ3n) is 15.8. The molecule has 10 rings (SSSR count). The second kappa shape index (κ2) is 20.3. The summed E-state index contributed by atoms with van der Waals surface area (Å²) in [5.41, 5.74) is 6.04. The minimum atomic E-state index is -1.97. The lowest BCUT2D eigenvalue weighted by atomic mass is 9.85. The predicted octanol–water partition coefficient (Wildman–Crippen LogP) is 8.80. The second-order valence-corrected chi connectivity index (χ2v) is 23.7. The summed E-state index contributed by atoms with van der Waals surface area (Å²) >= 11 is 5.19. The number of amides is 3. The number of aliphatic hydroxyl groups is 1. The van der Waals surface area contributed by atoms with E-state index < -0.39 is 41.1 Å². The highest BCUT2D eigenvalue weighted by atomic mass is 79.9. The Balaban J connectivity index is 0.801. The number of carbonyl (C=O) groups excluding carboxylic acids is 3. The molecule has 382 valence electrons. The number of aliphatic hydroxyl groups excluding tert-OH is 1. The van der Waals surface area contributed by atoms with E-state index >= 15 is 0 Å². The number of hydrogen-bond acceptors (Lipinski definition) is 10. The maximum atomic E-state index is 14.8. The summed E-state index contributed by atoms with van der Waals surface area (Å²) in [5, 5.41) is 17.4. The number of imidazole rings is 1. The number of aryl methyl sites for hydroxylation is 1. The van der Waals surface area contributed by atoms with Crippen LogP contribution in [-0.2, 0) is 19.1 Å². The zero-order valence-electron chi connectivity index (χ0n) is 41.8. The highest BCUT2D eigenvalue weighted by Gasteiger charge is 2.53. The lowest BCUT2D eigenvalue weighted by Gasteiger charge is -2.36. The van der Waals surface area contributed by atoms with Gasteiger partial charge in [0.25, 0.3) is 11.5 Å². The fourth-order valence-electron chi connectivity index (χ4n) is 11.2. The summed E-state index contributed by atoms with van der Waals surface area (Å²) in [5.74, 6) is -0.270. The van der Waals surface area contributed by atoms with Gasteiger partial charge in [0, 0.05) is 24.0 Å². The molecule has 4 fully saturated rings. The summed E-state index contributed by atoms with van der Waals surface area (Å²) < 4.78 is 25.8. The van der Waals surface area contributed by atoms with Gasteiger partial charge in [0.15, 0.2) is 5.67 Å². The molecular weight excluding hydrogens is 1000 g/mol. The molecule has 1 aliphatic carbocycles. The summed E-state index contributed by atoms with van der Waals surface area (Å²) in [6.07, 6.45) is 4.83. The van der Waals surface area contributed by atoms with Crippen LogP contribution in [0, 0.1) is 18.3 Å². The third-order valence-corrected chi connectivity index (χ3v) is 17.4. The molecule has 4 aliphatic rings. The smallest absolute Gasteiger partial charge is 0.283 e. The van der Waals surface area contributed by atoms with Gasteiger partial charge in [-0.05, 0) is 152 Å². The SMILES string of the molecule is Cc1ncsc1-c1ccc([C@H](CC[C@H](C)CCN2CCC(c3ccc4c(c3)n([C@H]3CCOC3)c3nc(=O)c5c(Br)cccc5n43)CC2)NC(=O)[C@@H]2C[C@@H](O)CN2C(=O)[C@@H](NC(=O)C2(F)CC2)C(C)(C)C)cc1. The first kappa shape index (κ1) is 50.5. The lowest BCUT2D eigenvalue weighted by molar-refractivity contribution is -0.145. The highest BCUT2D eigenvalue weighted by molar-refractivity contribution is 9.10. The normalized spacial score (nSPS) is 21.9. The van der Waals surface area contributed by atoms with Crippen LogP contribution in [0.2, 0.25) is 0 Å². The molecule has 3 aromatic heterocycles. The number of nitrogens with one attached hydrogen (secondary N) is 2. The fourth-order valence-corrected chi connectivity index (χ4v) is 12.6. The maximum absolute atomic E-state index is 14.8. The minimum Gasteiger partial charge on any atom is -0.391 e. The van der Waals surface area contributed by atoms with Crippen molar-refractivity contribution >= 4 is 72.7 Å². The lowest BCUT2D eigenvalue weighted by Crippen LogP contribution is -2.59. The number of fused-ring (bicyclic) bond motifs is 5. The number of aromatic nitrogens is 4. The van der Waals surface area contributed by atoms with Crippen LogP contribution >= 0.6 is 27.3 Å². The number of β-amino-alcohol motifs (C(OH)–C–C–N with tert-alkyl or cyclic N) is 1. The molecule has 72 heavy (non-hydrogen) atoms. The number of hydrogen-bond donors (Lipinski definition) is 3. The Kier molecular flexibility index (Phi) is 14.2. The Hall–Kier alpha value is -5.07. The van der Waals surface area contributed by atoms with E-state index in [1.807, 2.05) is 30.6 Å². The topological polar surface area (TPSA) is 163 Å². The number of carbonyl (C=O) groups is 3. The Labute approximate surface area is 431 Å². The average molecular weight is 1070 g/mol. The van der Waals surface area contributed by atoms with Crippen LogP contribution in [-0.4, -0.2) is 115 Å². The van der Waals surface area contributed by atoms with Crippen LogP contribution in [0.5, 0.6) is 0 Å². The van der Waals surface area contributed by atoms with Gasteiger partial charge < -0.3 is 34.8 Å². The molecule has 3 aliphatic heterocycles. The van der Waals surface area contributed by atoms with Crippen LogP contribution in [0.25, 0.3) is 38.2 Å². The monoisotopic (exact) mass is 1060 g/mol. The third kappa shape index (κ3) is 10.1. The number of ether oxygens (including phenoxy) is 1. The summed E-state index contributed by atoms with van der Waals surface area (Å²) in [6, 6.07) is 18.5. The Bertz CT molecular complexity index is 3060. The molecular formula is C55H66BrFN8O6S. The molecule has 3 amide bonds. The van der Waals surface area contributed by atoms with E-state index in [2.05, 4.69) is 99.8 Å². The van der Waals surface area contributed by atoms with E-state index in [-0.39, 0.29) is 49.4 Å². The van der Waals surface area contributed by atoms with Crippen molar-refractivity contribution in [1.82, 2.24) is 39.4 Å². The molecule has 6 aromatic rings. The number of benzene rings is 3. The number of nitrogens with zero attached hydrogens (tertiary/aromatic N) is 6. The summed E-state index contributed by atoms with van der Waals surface area (Å²) in [4.78, 5) is 69.1. The van der Waals surface area contributed by atoms with Gasteiger partial charge in [-0.3, -0.25) is 23.6 Å². The van der Waals surface area contributed by atoms with Crippen molar-refractivity contribution in [2.24, 2.45) is 11.3 Å². The second-order valence-electron chi connectivity index (χ2n) is 22.0. The Morgan fingerprint density at radius 3 is 2.43 bits per heavy atom. The van der Waals surface area contributed by atoms with Crippen molar-refractivity contribution in [3.63, 3.8) is 0 Å². The quantitative estimate of drug-likeness (QED) is 0.0913. The van der Waals surface area contributed by atoms with Crippen molar-refractivity contribution in [3.8, 4) is 10.4 Å². The molecule has 14 nitrogen and oxygen atoms in total. The molecule has 0 unspecified atom stereocenters. The van der Waals surface area contributed by atoms with Crippen molar-refractivity contribution in [2.45, 2.75) is 134 Å². The molecule has 3 aromatic carbocycles. The van der Waals surface area contributed by atoms with Gasteiger partial charge in [-0.2, -0.15) is 4.98 Å². The first-order valence-electron chi connectivity index (χ1n) is 25.7. The number of halogens is 2. The average Bonchev–Trinajstić information content (AvgIpc) is 3.81. The fraction of sp³-hybridized carbons (Fsp3) is 0.527. The van der Waals surface area contributed by atoms with Crippen LogP contribution < -0.4 is 16.2 Å². The standard InChI is InChI=1S/C55H66BrFN8O6S/c1-32(17-23-62-24-18-34(19-25-62)37-14-16-42-44(27-37)64(38-20-26-71-30-38)53-61-50(68)46-40(56)7-6-8-43(46)65(42)53)9-15-41(35-10-12-36(13-11-35)47-33(2)58-31-72-47)59-49(67)45-28-39(66)29-63(45)51(69)48(54(3,4)5)60-52(70)55(57)21-22-55/h6-8,10-14,16,27,31-32,34,38-39,41,45,48,66H,9,15,17-26,28-30H2,1-5H3,(H,59,67)(H,60,70)/t32-,38-,39+,41-,45-,48+/m0/s1. The van der Waals surface area contributed by atoms with Gasteiger partial charge >= 0.3 is 0 Å². The molecule has 17 heteroatoms. The number of rotatable bonds is 15. The van der Waals surface area contributed by atoms with Crippen molar-refractivity contribution in [3.05, 3.63) is 97.8 Å². The van der Waals surface area contributed by atoms with E-state index in [9.17, 15) is 28.7 Å². The first-order chi connectivity index (χ1) is 34.5. The van der Waals surface area contributed by atoms with Crippen molar-refractivity contribution in [1.29, 1.82) is 0 Å². The van der Waals surface area contributed by atoms with Gasteiger partial charge in [0.2, 0.25) is 17.6 Å². The van der Waals surface area contributed by atoms with Gasteiger partial charge in [0.05, 0.1) is 62.8 Å². The molecule has 0 spiro atoms. The zero-order valence-corrected chi connectivity index (χ0v) is 44.2. The first-order valence-corrected chi connectivity index (χ1v) is 27.4. The number of alkyl halides is 1. The molecule has 1 saturated carbocycles. The molecule has 0 radical (unpaired) electrons. The van der Waals surface area contributed by atoms with Crippen LogP contribution in [0.4, 0.5) is 4.39 Å². The number of likely N-dealkylation sites (tertiary alicyclic amines) is 2. The maximum Gasteiger partial charge on any atom is 0.283 e. The predicted molar refractivity (Wildman–Crippen MR) is 282 cm³/mol. The van der Waals surface area contributed by atoms with E-state index in [1.54, 1.807) is 32.1 Å². The van der Waals surface area contributed by atoms with E-state index in [0.29, 0.717) is 42.6 Å². The minimum absolute atomic E-state index is 0.0590. The number of thiazole rings is 1. The largest absolute Gasteiger partial charge is 0.391 e. The highest BCUT2D eigenvalue weighted by Crippen LogP contribution is 2.41. The molecule has 6 atom stereocenters. The molecule has 3 N–H and O–H groups in total. The van der Waals surface area contributed by atoms with Gasteiger partial charge in [0.1, 0.15) is 12.1 Å². The van der Waals surface area contributed by atoms with Crippen LogP contribution in [0.3, 0.4) is 0 Å². The van der Waals surface area contributed by atoms with E-state index in [4.69, 9.17) is 4.74 Å². The van der Waals surface area contributed by atoms with Crippen molar-refractivity contribution < 1.29 is 28.6 Å². The summed E-state index contributed by atoms with van der Waals surface area (Å²) in [6.45, 7) is 13.8. The van der Waals surface area contributed by atoms with Gasteiger partial charge in [-0.15, -0.1) is 11.3 Å². The molecule has 3 saturated heterocycles. The van der Waals surface area contributed by atoms with E-state index in [0.717, 1.165) is 94.5 Å². The number of piperidine rings is 1.